The normalized spacial score (nSPS) is 11.3. The Morgan fingerprint density at radius 3 is 2.60 bits per heavy atom. The summed E-state index contributed by atoms with van der Waals surface area (Å²) in [6.45, 7) is 7.05. The summed E-state index contributed by atoms with van der Waals surface area (Å²) in [5.41, 5.74) is 0.0344. The molecule has 0 bridgehead atoms. The minimum Gasteiger partial charge on any atom is -0.486 e. The van der Waals surface area contributed by atoms with Crippen molar-refractivity contribution in [2.45, 2.75) is 27.0 Å². The van der Waals surface area contributed by atoms with Crippen LogP contribution < -0.4 is 4.74 Å². The lowest BCUT2D eigenvalue weighted by molar-refractivity contribution is -0.384. The monoisotopic (exact) mass is 362 g/mol. The first-order chi connectivity index (χ1) is 12.1. The summed E-state index contributed by atoms with van der Waals surface area (Å²) in [5, 5.41) is 24.3. The number of rotatable bonds is 8. The van der Waals surface area contributed by atoms with Crippen molar-refractivity contribution in [1.29, 1.82) is 0 Å². The molecule has 0 radical (unpaired) electrons. The molecular weight excluding hydrogens is 344 g/mol. The molecule has 0 saturated carbocycles. The highest BCUT2D eigenvalue weighted by atomic mass is 32.1. The molecule has 9 nitrogen and oxygen atoms in total. The number of nitro groups is 1. The Labute approximate surface area is 148 Å². The first kappa shape index (κ1) is 17.2. The maximum Gasteiger partial charge on any atom is 0.269 e. The van der Waals surface area contributed by atoms with Gasteiger partial charge < -0.3 is 4.74 Å². The van der Waals surface area contributed by atoms with Crippen LogP contribution in [0.3, 0.4) is 0 Å². The van der Waals surface area contributed by atoms with Gasteiger partial charge >= 0.3 is 0 Å². The van der Waals surface area contributed by atoms with Crippen LogP contribution in [0.25, 0.3) is 4.96 Å². The van der Waals surface area contributed by atoms with E-state index in [1.54, 1.807) is 16.6 Å². The van der Waals surface area contributed by atoms with Crippen molar-refractivity contribution in [3.8, 4) is 5.75 Å². The second kappa shape index (κ2) is 7.53. The van der Waals surface area contributed by atoms with E-state index in [4.69, 9.17) is 4.74 Å². The number of nitrogens with zero attached hydrogens (tertiary/aromatic N) is 6. The molecule has 0 aliphatic heterocycles. The molecular formula is C15H18N6O3S. The first-order valence-corrected chi connectivity index (χ1v) is 8.72. The van der Waals surface area contributed by atoms with Crippen molar-refractivity contribution >= 4 is 22.0 Å². The minimum atomic E-state index is -0.440. The van der Waals surface area contributed by atoms with Gasteiger partial charge in [0.15, 0.2) is 10.8 Å². The lowest BCUT2D eigenvalue weighted by Crippen LogP contribution is -2.23. The third-order valence-electron chi connectivity index (χ3n) is 3.77. The molecule has 0 aliphatic rings. The van der Waals surface area contributed by atoms with Gasteiger partial charge in [-0.25, -0.2) is 0 Å². The predicted octanol–water partition coefficient (Wildman–Crippen LogP) is 2.51. The molecule has 10 heteroatoms. The quantitative estimate of drug-likeness (QED) is 0.448. The summed E-state index contributed by atoms with van der Waals surface area (Å²) < 4.78 is 7.39. The zero-order chi connectivity index (χ0) is 17.8. The SMILES string of the molecule is CCN(CC)Cc1nnc2sc(COc3ccc([N+](=O)[O-])cc3)nn12. The van der Waals surface area contributed by atoms with E-state index in [0.717, 1.165) is 28.9 Å². The van der Waals surface area contributed by atoms with Crippen LogP contribution in [0.15, 0.2) is 24.3 Å². The molecule has 1 aromatic carbocycles. The molecule has 0 N–H and O–H groups in total. The topological polar surface area (TPSA) is 98.7 Å². The van der Waals surface area contributed by atoms with Gasteiger partial charge in [-0.2, -0.15) is 9.61 Å². The highest BCUT2D eigenvalue weighted by molar-refractivity contribution is 7.16. The van der Waals surface area contributed by atoms with E-state index in [9.17, 15) is 10.1 Å². The van der Waals surface area contributed by atoms with E-state index in [1.165, 1.54) is 23.5 Å². The molecule has 0 atom stereocenters. The zero-order valence-electron chi connectivity index (χ0n) is 14.0. The number of fused-ring (bicyclic) bond motifs is 1. The molecule has 25 heavy (non-hydrogen) atoms. The number of non-ortho nitro benzene ring substituents is 1. The maximum absolute atomic E-state index is 10.7. The van der Waals surface area contributed by atoms with Crippen LogP contribution >= 0.6 is 11.3 Å². The summed E-state index contributed by atoms with van der Waals surface area (Å²) in [6, 6.07) is 5.97. The van der Waals surface area contributed by atoms with E-state index in [-0.39, 0.29) is 12.3 Å². The van der Waals surface area contributed by atoms with Crippen molar-refractivity contribution in [2.24, 2.45) is 0 Å². The Kier molecular flexibility index (Phi) is 5.19. The van der Waals surface area contributed by atoms with Gasteiger partial charge in [-0.3, -0.25) is 15.0 Å². The van der Waals surface area contributed by atoms with Gasteiger partial charge in [-0.15, -0.1) is 10.2 Å². The molecule has 132 valence electrons. The third-order valence-corrected chi connectivity index (χ3v) is 4.64. The van der Waals surface area contributed by atoms with E-state index >= 15 is 0 Å². The highest BCUT2D eigenvalue weighted by Gasteiger charge is 2.14. The lowest BCUT2D eigenvalue weighted by Gasteiger charge is -2.15. The fraction of sp³-hybridized carbons (Fsp3) is 0.400. The summed E-state index contributed by atoms with van der Waals surface area (Å²) in [6.07, 6.45) is 0. The van der Waals surface area contributed by atoms with Gasteiger partial charge in [0.25, 0.3) is 5.69 Å². The molecule has 2 heterocycles. The number of aromatic nitrogens is 4. The minimum absolute atomic E-state index is 0.0344. The molecule has 0 fully saturated rings. The van der Waals surface area contributed by atoms with Crippen LogP contribution in [0.1, 0.15) is 24.7 Å². The van der Waals surface area contributed by atoms with Crippen molar-refractivity contribution < 1.29 is 9.66 Å². The van der Waals surface area contributed by atoms with Crippen LogP contribution in [0, 0.1) is 10.1 Å². The van der Waals surface area contributed by atoms with Crippen molar-refractivity contribution in [2.75, 3.05) is 13.1 Å². The smallest absolute Gasteiger partial charge is 0.269 e. The van der Waals surface area contributed by atoms with Crippen LogP contribution in [-0.2, 0) is 13.2 Å². The van der Waals surface area contributed by atoms with Crippen LogP contribution in [0.2, 0.25) is 0 Å². The summed E-state index contributed by atoms with van der Waals surface area (Å²) in [5.74, 6) is 1.36. The second-order valence-corrected chi connectivity index (χ2v) is 6.35. The molecule has 3 rings (SSSR count). The Morgan fingerprint density at radius 1 is 1.24 bits per heavy atom. The highest BCUT2D eigenvalue weighted by Crippen LogP contribution is 2.20. The Bertz CT molecular complexity index is 856. The van der Waals surface area contributed by atoms with E-state index < -0.39 is 4.92 Å². The van der Waals surface area contributed by atoms with Crippen LogP contribution in [-0.4, -0.2) is 42.7 Å². The molecule has 2 aromatic heterocycles. The summed E-state index contributed by atoms with van der Waals surface area (Å²) in [4.78, 5) is 13.2. The fourth-order valence-electron chi connectivity index (χ4n) is 2.31. The predicted molar refractivity (Wildman–Crippen MR) is 92.7 cm³/mol. The fourth-order valence-corrected chi connectivity index (χ4v) is 3.08. The van der Waals surface area contributed by atoms with Gasteiger partial charge in [0, 0.05) is 12.1 Å². The van der Waals surface area contributed by atoms with Gasteiger partial charge in [0.05, 0.1) is 11.5 Å². The summed E-state index contributed by atoms with van der Waals surface area (Å²) in [7, 11) is 0. The Hall–Kier alpha value is -2.59. The average molecular weight is 362 g/mol. The lowest BCUT2D eigenvalue weighted by atomic mass is 10.3. The molecule has 0 unspecified atom stereocenters. The van der Waals surface area contributed by atoms with Gasteiger partial charge in [-0.1, -0.05) is 25.2 Å². The Morgan fingerprint density at radius 2 is 1.96 bits per heavy atom. The van der Waals surface area contributed by atoms with E-state index in [1.807, 2.05) is 0 Å². The second-order valence-electron chi connectivity index (χ2n) is 5.31. The number of nitro benzene ring substituents is 1. The zero-order valence-corrected chi connectivity index (χ0v) is 14.8. The molecule has 0 amide bonds. The van der Waals surface area contributed by atoms with Gasteiger partial charge in [0.2, 0.25) is 4.96 Å². The standard InChI is InChI=1S/C15H18N6O3S/c1-3-19(4-2)9-13-16-17-15-20(13)18-14(25-15)10-24-12-7-5-11(6-8-12)21(22)23/h5-8H,3-4,9-10H2,1-2H3. The summed E-state index contributed by atoms with van der Waals surface area (Å²) >= 11 is 1.41. The van der Waals surface area contributed by atoms with Gasteiger partial charge in [-0.05, 0) is 25.2 Å². The van der Waals surface area contributed by atoms with Gasteiger partial charge in [0.1, 0.15) is 12.4 Å². The number of hydrogen-bond donors (Lipinski definition) is 0. The molecule has 0 saturated heterocycles. The van der Waals surface area contributed by atoms with Crippen molar-refractivity contribution in [3.05, 3.63) is 45.2 Å². The maximum atomic E-state index is 10.7. The molecule has 0 spiro atoms. The largest absolute Gasteiger partial charge is 0.486 e. The van der Waals surface area contributed by atoms with Crippen molar-refractivity contribution in [1.82, 2.24) is 24.7 Å². The van der Waals surface area contributed by atoms with Crippen LogP contribution in [0.5, 0.6) is 5.75 Å². The number of ether oxygens (including phenoxy) is 1. The van der Waals surface area contributed by atoms with Crippen molar-refractivity contribution in [3.63, 3.8) is 0 Å². The first-order valence-electron chi connectivity index (χ1n) is 7.90. The number of hydrogen-bond acceptors (Lipinski definition) is 8. The Balaban J connectivity index is 1.68. The van der Waals surface area contributed by atoms with Crippen LogP contribution in [0.4, 0.5) is 5.69 Å². The third kappa shape index (κ3) is 3.91. The molecule has 0 aliphatic carbocycles. The number of benzene rings is 1. The molecule has 3 aromatic rings. The van der Waals surface area contributed by atoms with E-state index in [0.29, 0.717) is 12.3 Å². The van der Waals surface area contributed by atoms with E-state index in [2.05, 4.69) is 34.0 Å². The average Bonchev–Trinajstić information content (AvgIpc) is 3.19.